The monoisotopic (exact) mass is 265 g/mol. The third kappa shape index (κ3) is 2.18. The molecule has 0 aromatic carbocycles. The Morgan fingerprint density at radius 2 is 2.56 bits per heavy atom. The van der Waals surface area contributed by atoms with E-state index in [0.29, 0.717) is 12.1 Å². The molecule has 1 fully saturated rings. The summed E-state index contributed by atoms with van der Waals surface area (Å²) in [6, 6.07) is 0.399. The van der Waals surface area contributed by atoms with Gasteiger partial charge in [-0.2, -0.15) is 0 Å². The second-order valence-electron chi connectivity index (χ2n) is 4.92. The predicted molar refractivity (Wildman–Crippen MR) is 73.1 cm³/mol. The predicted octanol–water partition coefficient (Wildman–Crippen LogP) is 2.36. The number of thiazole rings is 1. The molecule has 2 atom stereocenters. The summed E-state index contributed by atoms with van der Waals surface area (Å²) in [6.45, 7) is 6.05. The second kappa shape index (κ2) is 4.99. The number of aryl methyl sites for hydroxylation is 1. The lowest BCUT2D eigenvalue weighted by Crippen LogP contribution is -2.36. The van der Waals surface area contributed by atoms with Crippen molar-refractivity contribution in [3.63, 3.8) is 0 Å². The molecule has 18 heavy (non-hydrogen) atoms. The molecule has 0 spiro atoms. The van der Waals surface area contributed by atoms with E-state index >= 15 is 0 Å². The highest BCUT2D eigenvalue weighted by atomic mass is 32.1. The Kier molecular flexibility index (Phi) is 3.37. The molecular weight excluding hydrogens is 246 g/mol. The highest BCUT2D eigenvalue weighted by Crippen LogP contribution is 2.18. The number of hydrogen-bond acceptors (Lipinski definition) is 4. The zero-order chi connectivity index (χ0) is 12.5. The quantitative estimate of drug-likeness (QED) is 0.922. The number of nitrogens with one attached hydrogen (secondary N) is 1. The molecule has 0 aliphatic carbocycles. The highest BCUT2D eigenvalue weighted by Gasteiger charge is 2.22. The van der Waals surface area contributed by atoms with Gasteiger partial charge in [0.25, 0.3) is 0 Å². The first-order valence-corrected chi connectivity index (χ1v) is 7.39. The second-order valence-corrected chi connectivity index (χ2v) is 5.79. The standard InChI is InChI=1S/C13H19N3OS/c1-9-11(16-5-7-18-13(16)15-9)8-14-10(2)12-4-3-6-17-12/h5,7,10,12,14H,3-4,6,8H2,1-2H3. The van der Waals surface area contributed by atoms with Crippen molar-refractivity contribution in [2.75, 3.05) is 6.61 Å². The van der Waals surface area contributed by atoms with Crippen LogP contribution >= 0.6 is 11.3 Å². The molecule has 0 bridgehead atoms. The van der Waals surface area contributed by atoms with E-state index in [1.54, 1.807) is 11.3 Å². The molecule has 2 aromatic heterocycles. The van der Waals surface area contributed by atoms with Crippen molar-refractivity contribution in [1.82, 2.24) is 14.7 Å². The molecule has 4 nitrogen and oxygen atoms in total. The summed E-state index contributed by atoms with van der Waals surface area (Å²) in [7, 11) is 0. The summed E-state index contributed by atoms with van der Waals surface area (Å²) < 4.78 is 7.88. The van der Waals surface area contributed by atoms with Crippen LogP contribution < -0.4 is 5.32 Å². The summed E-state index contributed by atoms with van der Waals surface area (Å²) in [4.78, 5) is 5.64. The number of nitrogens with zero attached hydrogens (tertiary/aromatic N) is 2. The lowest BCUT2D eigenvalue weighted by Gasteiger charge is -2.20. The number of rotatable bonds is 4. The minimum atomic E-state index is 0.371. The van der Waals surface area contributed by atoms with Gasteiger partial charge in [-0.1, -0.05) is 0 Å². The minimum Gasteiger partial charge on any atom is -0.377 e. The maximum Gasteiger partial charge on any atom is 0.194 e. The first kappa shape index (κ1) is 12.1. The Labute approximate surface area is 111 Å². The maximum atomic E-state index is 5.70. The number of imidazole rings is 1. The van der Waals surface area contributed by atoms with Crippen molar-refractivity contribution < 1.29 is 4.74 Å². The molecule has 0 saturated carbocycles. The Bertz CT molecular complexity index is 527. The van der Waals surface area contributed by atoms with Crippen molar-refractivity contribution in [1.29, 1.82) is 0 Å². The Hall–Kier alpha value is -0.910. The molecule has 3 heterocycles. The lowest BCUT2D eigenvalue weighted by atomic mass is 10.1. The van der Waals surface area contributed by atoms with E-state index in [0.717, 1.165) is 23.8 Å². The summed E-state index contributed by atoms with van der Waals surface area (Å²) in [5, 5.41) is 5.65. The van der Waals surface area contributed by atoms with Gasteiger partial charge in [0.15, 0.2) is 4.96 Å². The average Bonchev–Trinajstić information content (AvgIpc) is 3.02. The molecule has 98 valence electrons. The molecule has 1 aliphatic rings. The highest BCUT2D eigenvalue weighted by molar-refractivity contribution is 7.15. The van der Waals surface area contributed by atoms with Gasteiger partial charge in [-0.3, -0.25) is 4.40 Å². The van der Waals surface area contributed by atoms with Crippen LogP contribution in [0.15, 0.2) is 11.6 Å². The van der Waals surface area contributed by atoms with Crippen molar-refractivity contribution >= 4 is 16.3 Å². The smallest absolute Gasteiger partial charge is 0.194 e. The van der Waals surface area contributed by atoms with Crippen LogP contribution in [-0.4, -0.2) is 28.1 Å². The van der Waals surface area contributed by atoms with Gasteiger partial charge in [0.2, 0.25) is 0 Å². The molecule has 5 heteroatoms. The van der Waals surface area contributed by atoms with E-state index in [9.17, 15) is 0 Å². The van der Waals surface area contributed by atoms with Crippen LogP contribution in [-0.2, 0) is 11.3 Å². The number of fused-ring (bicyclic) bond motifs is 1. The Morgan fingerprint density at radius 1 is 1.67 bits per heavy atom. The van der Waals surface area contributed by atoms with Gasteiger partial charge in [0.05, 0.1) is 17.5 Å². The van der Waals surface area contributed by atoms with Gasteiger partial charge in [-0.05, 0) is 26.7 Å². The van der Waals surface area contributed by atoms with Crippen molar-refractivity contribution in [2.24, 2.45) is 0 Å². The lowest BCUT2D eigenvalue weighted by molar-refractivity contribution is 0.0830. The van der Waals surface area contributed by atoms with Gasteiger partial charge in [-0.15, -0.1) is 11.3 Å². The van der Waals surface area contributed by atoms with Crippen LogP contribution in [0.5, 0.6) is 0 Å². The van der Waals surface area contributed by atoms with Crippen LogP contribution in [0.2, 0.25) is 0 Å². The fraction of sp³-hybridized carbons (Fsp3) is 0.615. The van der Waals surface area contributed by atoms with Crippen LogP contribution in [0.1, 0.15) is 31.2 Å². The number of hydrogen-bond donors (Lipinski definition) is 1. The van der Waals surface area contributed by atoms with Crippen LogP contribution in [0.4, 0.5) is 0 Å². The topological polar surface area (TPSA) is 38.6 Å². The van der Waals surface area contributed by atoms with Crippen molar-refractivity contribution in [3.8, 4) is 0 Å². The molecule has 1 N–H and O–H groups in total. The van der Waals surface area contributed by atoms with E-state index in [1.807, 2.05) is 0 Å². The van der Waals surface area contributed by atoms with E-state index in [-0.39, 0.29) is 0 Å². The van der Waals surface area contributed by atoms with Gasteiger partial charge in [0, 0.05) is 30.8 Å². The average molecular weight is 265 g/mol. The van der Waals surface area contributed by atoms with Crippen molar-refractivity contribution in [2.45, 2.75) is 45.4 Å². The number of aromatic nitrogens is 2. The molecule has 1 aliphatic heterocycles. The van der Waals surface area contributed by atoms with Crippen LogP contribution in [0.3, 0.4) is 0 Å². The zero-order valence-electron chi connectivity index (χ0n) is 10.8. The summed E-state index contributed by atoms with van der Waals surface area (Å²) in [5.74, 6) is 0. The minimum absolute atomic E-state index is 0.371. The molecule has 2 unspecified atom stereocenters. The normalized spacial score (nSPS) is 21.8. The molecule has 3 rings (SSSR count). The number of ether oxygens (including phenoxy) is 1. The van der Waals surface area contributed by atoms with E-state index in [4.69, 9.17) is 4.74 Å². The van der Waals surface area contributed by atoms with Gasteiger partial charge < -0.3 is 10.1 Å². The summed E-state index contributed by atoms with van der Waals surface area (Å²) >= 11 is 1.68. The fourth-order valence-corrected chi connectivity index (χ4v) is 3.32. The fourth-order valence-electron chi connectivity index (χ4n) is 2.54. The van der Waals surface area contributed by atoms with Gasteiger partial charge in [0.1, 0.15) is 0 Å². The third-order valence-corrected chi connectivity index (χ3v) is 4.43. The summed E-state index contributed by atoms with van der Waals surface area (Å²) in [6.07, 6.45) is 4.83. The Balaban J connectivity index is 1.68. The maximum absolute atomic E-state index is 5.70. The largest absolute Gasteiger partial charge is 0.377 e. The SMILES string of the molecule is Cc1nc2sccn2c1CNC(C)C1CCCO1. The Morgan fingerprint density at radius 3 is 3.33 bits per heavy atom. The van der Waals surface area contributed by atoms with Gasteiger partial charge >= 0.3 is 0 Å². The zero-order valence-corrected chi connectivity index (χ0v) is 11.7. The van der Waals surface area contributed by atoms with Crippen LogP contribution in [0, 0.1) is 6.92 Å². The van der Waals surface area contributed by atoms with E-state index in [1.165, 1.54) is 18.5 Å². The summed E-state index contributed by atoms with van der Waals surface area (Å²) in [5.41, 5.74) is 2.38. The molecule has 0 radical (unpaired) electrons. The van der Waals surface area contributed by atoms with E-state index in [2.05, 4.69) is 40.1 Å². The third-order valence-electron chi connectivity index (χ3n) is 3.68. The van der Waals surface area contributed by atoms with E-state index < -0.39 is 0 Å². The van der Waals surface area contributed by atoms with Crippen molar-refractivity contribution in [3.05, 3.63) is 23.0 Å². The first-order valence-electron chi connectivity index (χ1n) is 6.51. The molecule has 1 saturated heterocycles. The van der Waals surface area contributed by atoms with Crippen LogP contribution in [0.25, 0.3) is 4.96 Å². The molecule has 2 aromatic rings. The van der Waals surface area contributed by atoms with Gasteiger partial charge in [-0.25, -0.2) is 4.98 Å². The molecular formula is C13H19N3OS. The molecule has 0 amide bonds. The first-order chi connectivity index (χ1) is 8.75.